The molecule has 0 aromatic heterocycles. The van der Waals surface area contributed by atoms with Gasteiger partial charge in [-0.2, -0.15) is 0 Å². The molecule has 0 aliphatic rings. The molecule has 0 rings (SSSR count). The number of alkyl halides is 2. The van der Waals surface area contributed by atoms with Gasteiger partial charge in [-0.1, -0.05) is 45.7 Å². The lowest BCUT2D eigenvalue weighted by atomic mass is 9.90. The van der Waals surface area contributed by atoms with Crippen molar-refractivity contribution in [2.75, 3.05) is 10.7 Å². The van der Waals surface area contributed by atoms with E-state index >= 15 is 0 Å². The highest BCUT2D eigenvalue weighted by Crippen LogP contribution is 2.20. The summed E-state index contributed by atoms with van der Waals surface area (Å²) in [7, 11) is 0. The van der Waals surface area contributed by atoms with Crippen molar-refractivity contribution in [2.45, 2.75) is 26.1 Å². The highest BCUT2D eigenvalue weighted by Gasteiger charge is 2.25. The van der Waals surface area contributed by atoms with Crippen LogP contribution < -0.4 is 0 Å². The fraction of sp³-hybridized carbons (Fsp3) is 1.00. The molecule has 0 amide bonds. The Kier molecular flexibility index (Phi) is 6.82. The maximum Gasteiger partial charge on any atom is 0.0898 e. The van der Waals surface area contributed by atoms with Crippen molar-refractivity contribution >= 4 is 31.9 Å². The van der Waals surface area contributed by atoms with Crippen molar-refractivity contribution in [2.24, 2.45) is 11.8 Å². The predicted octanol–water partition coefficient (Wildman–Crippen LogP) is 1.77. The Morgan fingerprint density at radius 2 is 1.58 bits per heavy atom. The molecule has 2 nitrogen and oxygen atoms in total. The van der Waals surface area contributed by atoms with Gasteiger partial charge < -0.3 is 10.2 Å². The van der Waals surface area contributed by atoms with Gasteiger partial charge in [0.2, 0.25) is 0 Å². The largest absolute Gasteiger partial charge is 0.390 e. The third kappa shape index (κ3) is 3.73. The second-order valence-electron chi connectivity index (χ2n) is 3.20. The van der Waals surface area contributed by atoms with Crippen molar-refractivity contribution in [3.63, 3.8) is 0 Å². The highest BCUT2D eigenvalue weighted by atomic mass is 79.9. The fourth-order valence-electron chi connectivity index (χ4n) is 0.919. The molecular formula is C8H16Br2O2. The first-order valence-corrected chi connectivity index (χ1v) is 6.27. The van der Waals surface area contributed by atoms with Gasteiger partial charge in [-0.15, -0.1) is 0 Å². The molecular weight excluding hydrogens is 288 g/mol. The zero-order chi connectivity index (χ0) is 9.72. The average molecular weight is 304 g/mol. The zero-order valence-corrected chi connectivity index (χ0v) is 10.5. The van der Waals surface area contributed by atoms with Gasteiger partial charge in [0.1, 0.15) is 0 Å². The average Bonchev–Trinajstić information content (AvgIpc) is 2.12. The van der Waals surface area contributed by atoms with Gasteiger partial charge in [-0.25, -0.2) is 0 Å². The van der Waals surface area contributed by atoms with Gasteiger partial charge in [0.05, 0.1) is 12.2 Å². The predicted molar refractivity (Wildman–Crippen MR) is 57.9 cm³/mol. The molecule has 0 bridgehead atoms. The van der Waals surface area contributed by atoms with Crippen LogP contribution in [0.15, 0.2) is 0 Å². The van der Waals surface area contributed by atoms with Crippen LogP contribution in [-0.4, -0.2) is 33.1 Å². The van der Waals surface area contributed by atoms with Gasteiger partial charge >= 0.3 is 0 Å². The first-order valence-electron chi connectivity index (χ1n) is 4.02. The summed E-state index contributed by atoms with van der Waals surface area (Å²) in [6.07, 6.45) is -1.31. The summed E-state index contributed by atoms with van der Waals surface area (Å²) in [4.78, 5) is 0. The molecule has 0 aliphatic heterocycles. The second kappa shape index (κ2) is 6.35. The molecule has 0 spiro atoms. The molecule has 4 atom stereocenters. The van der Waals surface area contributed by atoms with E-state index in [-0.39, 0.29) is 5.92 Å². The second-order valence-corrected chi connectivity index (χ2v) is 4.50. The van der Waals surface area contributed by atoms with E-state index in [0.29, 0.717) is 11.2 Å². The molecule has 0 aromatic rings. The Bertz CT molecular complexity index is 108. The van der Waals surface area contributed by atoms with Crippen LogP contribution in [0.1, 0.15) is 13.8 Å². The Morgan fingerprint density at radius 3 is 1.92 bits per heavy atom. The lowest BCUT2D eigenvalue weighted by Crippen LogP contribution is -2.36. The Labute approximate surface area is 90.6 Å². The van der Waals surface area contributed by atoms with Crippen molar-refractivity contribution in [3.8, 4) is 0 Å². The molecule has 2 N–H and O–H groups in total. The van der Waals surface area contributed by atoms with E-state index < -0.39 is 12.2 Å². The standard InChI is InChI=1S/C8H16Br2O2/c1-5(3-9)6(2)8(12)7(11)4-10/h5-8,11-12H,3-4H2,1-2H3. The van der Waals surface area contributed by atoms with E-state index in [1.54, 1.807) is 0 Å². The van der Waals surface area contributed by atoms with Gasteiger partial charge in [0.15, 0.2) is 0 Å². The summed E-state index contributed by atoms with van der Waals surface area (Å²) in [5, 5.41) is 20.2. The number of aliphatic hydroxyl groups excluding tert-OH is 2. The van der Waals surface area contributed by atoms with E-state index in [1.165, 1.54) is 0 Å². The minimum absolute atomic E-state index is 0.108. The summed E-state index contributed by atoms with van der Waals surface area (Å²) in [6, 6.07) is 0. The highest BCUT2D eigenvalue weighted by molar-refractivity contribution is 9.09. The van der Waals surface area contributed by atoms with Crippen molar-refractivity contribution in [1.29, 1.82) is 0 Å². The Morgan fingerprint density at radius 1 is 1.08 bits per heavy atom. The summed E-state index contributed by atoms with van der Waals surface area (Å²) in [6.45, 7) is 3.99. The van der Waals surface area contributed by atoms with E-state index in [0.717, 1.165) is 5.33 Å². The van der Waals surface area contributed by atoms with E-state index in [4.69, 9.17) is 0 Å². The molecule has 4 unspecified atom stereocenters. The smallest absolute Gasteiger partial charge is 0.0898 e. The Hall–Kier alpha value is 0.880. The first kappa shape index (κ1) is 12.9. The Balaban J connectivity index is 3.99. The van der Waals surface area contributed by atoms with Crippen LogP contribution >= 0.6 is 31.9 Å². The van der Waals surface area contributed by atoms with Gasteiger partial charge in [0.25, 0.3) is 0 Å². The summed E-state index contributed by atoms with van der Waals surface area (Å²) < 4.78 is 0. The summed E-state index contributed by atoms with van der Waals surface area (Å²) in [5.74, 6) is 0.477. The number of rotatable bonds is 5. The van der Waals surface area contributed by atoms with Gasteiger partial charge in [-0.05, 0) is 11.8 Å². The topological polar surface area (TPSA) is 40.5 Å². The lowest BCUT2D eigenvalue weighted by molar-refractivity contribution is -0.0110. The third-order valence-corrected chi connectivity index (χ3v) is 3.92. The van der Waals surface area contributed by atoms with Crippen LogP contribution in [0.5, 0.6) is 0 Å². The van der Waals surface area contributed by atoms with Crippen LogP contribution in [0.4, 0.5) is 0 Å². The molecule has 0 saturated carbocycles. The molecule has 4 heteroatoms. The van der Waals surface area contributed by atoms with Gasteiger partial charge in [-0.3, -0.25) is 0 Å². The van der Waals surface area contributed by atoms with Crippen LogP contribution in [0, 0.1) is 11.8 Å². The van der Waals surface area contributed by atoms with E-state index in [1.807, 2.05) is 13.8 Å². The normalized spacial score (nSPS) is 21.5. The van der Waals surface area contributed by atoms with Crippen molar-refractivity contribution < 1.29 is 10.2 Å². The van der Waals surface area contributed by atoms with Crippen LogP contribution in [0.2, 0.25) is 0 Å². The third-order valence-electron chi connectivity index (χ3n) is 2.23. The van der Waals surface area contributed by atoms with E-state index in [9.17, 15) is 10.2 Å². The maximum absolute atomic E-state index is 9.59. The molecule has 0 saturated heterocycles. The van der Waals surface area contributed by atoms with Crippen LogP contribution in [-0.2, 0) is 0 Å². The molecule has 74 valence electrons. The van der Waals surface area contributed by atoms with Crippen LogP contribution in [0.3, 0.4) is 0 Å². The molecule has 0 fully saturated rings. The molecule has 0 radical (unpaired) electrons. The fourth-order valence-corrected chi connectivity index (χ4v) is 1.89. The van der Waals surface area contributed by atoms with E-state index in [2.05, 4.69) is 31.9 Å². The molecule has 12 heavy (non-hydrogen) atoms. The first-order chi connectivity index (χ1) is 5.54. The van der Waals surface area contributed by atoms with Crippen molar-refractivity contribution in [3.05, 3.63) is 0 Å². The monoisotopic (exact) mass is 302 g/mol. The van der Waals surface area contributed by atoms with Crippen molar-refractivity contribution in [1.82, 2.24) is 0 Å². The molecule has 0 aliphatic carbocycles. The molecule has 0 aromatic carbocycles. The minimum Gasteiger partial charge on any atom is -0.390 e. The molecule has 0 heterocycles. The van der Waals surface area contributed by atoms with Crippen LogP contribution in [0.25, 0.3) is 0 Å². The number of aliphatic hydroxyl groups is 2. The summed E-state index contributed by atoms with van der Waals surface area (Å²) in [5.41, 5.74) is 0. The zero-order valence-electron chi connectivity index (χ0n) is 7.37. The quantitative estimate of drug-likeness (QED) is 0.760. The lowest BCUT2D eigenvalue weighted by Gasteiger charge is -2.26. The summed E-state index contributed by atoms with van der Waals surface area (Å²) >= 11 is 6.48. The number of hydrogen-bond acceptors (Lipinski definition) is 2. The maximum atomic E-state index is 9.59. The minimum atomic E-state index is -0.665. The number of hydrogen-bond donors (Lipinski definition) is 2. The number of halogens is 2. The SMILES string of the molecule is CC(CBr)C(C)C(O)C(O)CBr. The van der Waals surface area contributed by atoms with Gasteiger partial charge in [0, 0.05) is 10.7 Å².